The summed E-state index contributed by atoms with van der Waals surface area (Å²) in [6.07, 6.45) is 1.44. The van der Waals surface area contributed by atoms with Crippen molar-refractivity contribution in [2.75, 3.05) is 19.7 Å². The molecule has 0 spiro atoms. The van der Waals surface area contributed by atoms with E-state index in [1.54, 1.807) is 22.7 Å². The van der Waals surface area contributed by atoms with Crippen LogP contribution in [0.5, 0.6) is 5.75 Å². The van der Waals surface area contributed by atoms with Gasteiger partial charge in [-0.15, -0.1) is 5.10 Å². The van der Waals surface area contributed by atoms with E-state index in [4.69, 9.17) is 4.74 Å². The number of hydrogen-bond donors (Lipinski definition) is 1. The molecular formula is C16H19BrN4O3. The summed E-state index contributed by atoms with van der Waals surface area (Å²) in [5.41, 5.74) is 0.544. The van der Waals surface area contributed by atoms with Crippen LogP contribution in [0.15, 0.2) is 34.9 Å². The van der Waals surface area contributed by atoms with Crippen molar-refractivity contribution < 1.29 is 14.6 Å². The molecule has 0 aliphatic carbocycles. The van der Waals surface area contributed by atoms with Gasteiger partial charge in [0.1, 0.15) is 11.4 Å². The monoisotopic (exact) mass is 394 g/mol. The number of likely N-dealkylation sites (tertiary alicyclic amines) is 1. The lowest BCUT2D eigenvalue weighted by Gasteiger charge is -2.38. The van der Waals surface area contributed by atoms with Crippen molar-refractivity contribution >= 4 is 21.8 Å². The molecule has 1 saturated heterocycles. The summed E-state index contributed by atoms with van der Waals surface area (Å²) in [5, 5.41) is 17.4. The number of aromatic nitrogens is 3. The Morgan fingerprint density at radius 3 is 2.96 bits per heavy atom. The minimum Gasteiger partial charge on any atom is -0.493 e. The van der Waals surface area contributed by atoms with Crippen molar-refractivity contribution in [3.63, 3.8) is 0 Å². The first-order valence-corrected chi connectivity index (χ1v) is 8.58. The Labute approximate surface area is 148 Å². The first-order chi connectivity index (χ1) is 11.5. The van der Waals surface area contributed by atoms with Gasteiger partial charge in [-0.25, -0.2) is 4.68 Å². The molecule has 7 nitrogen and oxygen atoms in total. The van der Waals surface area contributed by atoms with Crippen LogP contribution in [0.3, 0.4) is 0 Å². The minimum absolute atomic E-state index is 0.0668. The fourth-order valence-electron chi connectivity index (χ4n) is 2.46. The molecule has 2 aromatic rings. The second-order valence-electron chi connectivity index (χ2n) is 5.81. The van der Waals surface area contributed by atoms with Gasteiger partial charge in [0.05, 0.1) is 31.4 Å². The summed E-state index contributed by atoms with van der Waals surface area (Å²) in [6.45, 7) is 3.22. The van der Waals surface area contributed by atoms with Gasteiger partial charge in [0.25, 0.3) is 0 Å². The lowest BCUT2D eigenvalue weighted by atomic mass is 10.1. The van der Waals surface area contributed by atoms with Gasteiger partial charge in [0.15, 0.2) is 0 Å². The molecule has 8 heteroatoms. The molecule has 0 bridgehead atoms. The van der Waals surface area contributed by atoms with E-state index in [0.717, 1.165) is 10.2 Å². The molecule has 3 rings (SSSR count). The van der Waals surface area contributed by atoms with Crippen molar-refractivity contribution in [1.82, 2.24) is 19.9 Å². The van der Waals surface area contributed by atoms with Crippen LogP contribution in [0.2, 0.25) is 0 Å². The number of carbonyl (C=O) groups is 1. The van der Waals surface area contributed by atoms with Gasteiger partial charge in [0.2, 0.25) is 5.91 Å². The maximum Gasteiger partial charge on any atom is 0.226 e. The fraction of sp³-hybridized carbons (Fsp3) is 0.438. The maximum absolute atomic E-state index is 12.1. The van der Waals surface area contributed by atoms with Gasteiger partial charge >= 0.3 is 0 Å². The Hall–Kier alpha value is -1.93. The number of rotatable bonds is 6. The average Bonchev–Trinajstić information content (AvgIpc) is 2.95. The number of ether oxygens (including phenoxy) is 1. The van der Waals surface area contributed by atoms with Crippen molar-refractivity contribution in [3.8, 4) is 5.75 Å². The second-order valence-corrected chi connectivity index (χ2v) is 6.72. The highest BCUT2D eigenvalue weighted by Gasteiger charge is 2.32. The lowest BCUT2D eigenvalue weighted by Crippen LogP contribution is -2.51. The zero-order chi connectivity index (χ0) is 17.1. The zero-order valence-electron chi connectivity index (χ0n) is 13.3. The van der Waals surface area contributed by atoms with Crippen LogP contribution >= 0.6 is 15.9 Å². The number of aliphatic hydroxyl groups is 1. The predicted molar refractivity (Wildman–Crippen MR) is 90.5 cm³/mol. The third kappa shape index (κ3) is 3.93. The third-order valence-corrected chi connectivity index (χ3v) is 4.42. The zero-order valence-corrected chi connectivity index (χ0v) is 14.9. The largest absolute Gasteiger partial charge is 0.493 e. The number of nitrogens with zero attached hydrogens (tertiary/aromatic N) is 4. The highest BCUT2D eigenvalue weighted by atomic mass is 79.9. The minimum atomic E-state index is -0.633. The van der Waals surface area contributed by atoms with Crippen molar-refractivity contribution in [3.05, 3.63) is 40.6 Å². The van der Waals surface area contributed by atoms with E-state index in [2.05, 4.69) is 26.2 Å². The van der Waals surface area contributed by atoms with E-state index in [-0.39, 0.29) is 11.9 Å². The molecule has 0 saturated carbocycles. The molecule has 24 heavy (non-hydrogen) atoms. The standard InChI is InChI=1S/C16H19BrN4O3/c1-11(22)15-10-21(19-18-15)13-8-20(9-13)16(23)5-6-24-14-4-2-3-12(17)7-14/h2-4,7,10-11,13,22H,5-6,8-9H2,1H3/t11-/m1/s1. The topological polar surface area (TPSA) is 80.5 Å². The van der Waals surface area contributed by atoms with Crippen molar-refractivity contribution in [2.24, 2.45) is 0 Å². The highest BCUT2D eigenvalue weighted by Crippen LogP contribution is 2.22. The summed E-state index contributed by atoms with van der Waals surface area (Å²) in [6, 6.07) is 7.67. The predicted octanol–water partition coefficient (Wildman–Crippen LogP) is 1.95. The van der Waals surface area contributed by atoms with Crippen LogP contribution in [0.4, 0.5) is 0 Å². The maximum atomic E-state index is 12.1. The van der Waals surface area contributed by atoms with E-state index >= 15 is 0 Å². The molecule has 1 atom stereocenters. The van der Waals surface area contributed by atoms with Gasteiger partial charge in [-0.3, -0.25) is 4.79 Å². The van der Waals surface area contributed by atoms with E-state index in [1.807, 2.05) is 24.3 Å². The van der Waals surface area contributed by atoms with Crippen LogP contribution in [-0.2, 0) is 4.79 Å². The number of amides is 1. The molecule has 0 radical (unpaired) electrons. The second kappa shape index (κ2) is 7.31. The number of aliphatic hydroxyl groups excluding tert-OH is 1. The van der Waals surface area contributed by atoms with E-state index in [1.165, 1.54) is 0 Å². The van der Waals surface area contributed by atoms with Gasteiger partial charge in [-0.2, -0.15) is 0 Å². The summed E-state index contributed by atoms with van der Waals surface area (Å²) < 4.78 is 8.24. The van der Waals surface area contributed by atoms with Crippen LogP contribution in [0.1, 0.15) is 31.2 Å². The number of carbonyl (C=O) groups excluding carboxylic acids is 1. The highest BCUT2D eigenvalue weighted by molar-refractivity contribution is 9.10. The number of hydrogen-bond acceptors (Lipinski definition) is 5. The fourth-order valence-corrected chi connectivity index (χ4v) is 2.84. The smallest absolute Gasteiger partial charge is 0.226 e. The lowest BCUT2D eigenvalue weighted by molar-refractivity contribution is -0.137. The Bertz CT molecular complexity index is 713. The molecule has 1 N–H and O–H groups in total. The Kier molecular flexibility index (Phi) is 5.15. The number of benzene rings is 1. The number of halogens is 1. The van der Waals surface area contributed by atoms with Gasteiger partial charge in [0, 0.05) is 17.6 Å². The molecular weight excluding hydrogens is 376 g/mol. The Morgan fingerprint density at radius 2 is 2.29 bits per heavy atom. The average molecular weight is 395 g/mol. The molecule has 1 aromatic heterocycles. The van der Waals surface area contributed by atoms with E-state index < -0.39 is 6.10 Å². The molecule has 128 valence electrons. The molecule has 1 fully saturated rings. The van der Waals surface area contributed by atoms with Gasteiger partial charge in [-0.05, 0) is 25.1 Å². The molecule has 1 aliphatic heterocycles. The van der Waals surface area contributed by atoms with Crippen LogP contribution < -0.4 is 4.74 Å². The first kappa shape index (κ1) is 16.9. The quantitative estimate of drug-likeness (QED) is 0.809. The van der Waals surface area contributed by atoms with Gasteiger partial charge < -0.3 is 14.7 Å². The van der Waals surface area contributed by atoms with Crippen LogP contribution in [-0.4, -0.2) is 50.6 Å². The molecule has 2 heterocycles. The molecule has 1 aliphatic rings. The molecule has 1 amide bonds. The van der Waals surface area contributed by atoms with E-state index in [0.29, 0.717) is 31.8 Å². The summed E-state index contributed by atoms with van der Waals surface area (Å²) in [5.74, 6) is 0.809. The summed E-state index contributed by atoms with van der Waals surface area (Å²) >= 11 is 3.38. The Morgan fingerprint density at radius 1 is 1.50 bits per heavy atom. The molecule has 0 unspecified atom stereocenters. The van der Waals surface area contributed by atoms with E-state index in [9.17, 15) is 9.90 Å². The normalized spacial score (nSPS) is 15.9. The van der Waals surface area contributed by atoms with Gasteiger partial charge in [-0.1, -0.05) is 27.2 Å². The molecule has 1 aromatic carbocycles. The third-order valence-electron chi connectivity index (χ3n) is 3.93. The summed E-state index contributed by atoms with van der Waals surface area (Å²) in [7, 11) is 0. The summed E-state index contributed by atoms with van der Waals surface area (Å²) in [4.78, 5) is 13.9. The van der Waals surface area contributed by atoms with Crippen LogP contribution in [0.25, 0.3) is 0 Å². The first-order valence-electron chi connectivity index (χ1n) is 7.79. The van der Waals surface area contributed by atoms with Crippen molar-refractivity contribution in [2.45, 2.75) is 25.5 Å². The van der Waals surface area contributed by atoms with Crippen LogP contribution in [0, 0.1) is 0 Å². The SMILES string of the molecule is C[C@@H](O)c1cn(C2CN(C(=O)CCOc3cccc(Br)c3)C2)nn1. The van der Waals surface area contributed by atoms with Crippen molar-refractivity contribution in [1.29, 1.82) is 0 Å². The Balaban J connectivity index is 1.41.